The van der Waals surface area contributed by atoms with Gasteiger partial charge in [0.2, 0.25) is 0 Å². The number of fused-ring (bicyclic) bond motifs is 2. The molecule has 0 saturated carbocycles. The van der Waals surface area contributed by atoms with Crippen LogP contribution in [0.5, 0.6) is 5.75 Å². The molecule has 1 aromatic heterocycles. The molecule has 1 aliphatic heterocycles. The summed E-state index contributed by atoms with van der Waals surface area (Å²) >= 11 is 1.42. The molecule has 0 saturated heterocycles. The number of carbonyl (C=O) groups is 2. The Kier molecular flexibility index (Phi) is 6.85. The molecule has 7 nitrogen and oxygen atoms in total. The highest BCUT2D eigenvalue weighted by molar-refractivity contribution is 7.18. The van der Waals surface area contributed by atoms with Crippen molar-refractivity contribution in [3.05, 3.63) is 101 Å². The zero-order chi connectivity index (χ0) is 25.9. The quantitative estimate of drug-likeness (QED) is 0.361. The number of thiazole rings is 1. The predicted octanol–water partition coefficient (Wildman–Crippen LogP) is 4.56. The summed E-state index contributed by atoms with van der Waals surface area (Å²) in [4.78, 5) is 32.3. The lowest BCUT2D eigenvalue weighted by molar-refractivity contribution is -0.121. The van der Waals surface area contributed by atoms with Crippen molar-refractivity contribution in [2.24, 2.45) is 0 Å². The molecule has 0 radical (unpaired) electrons. The Balaban J connectivity index is 1.32. The number of anilines is 1. The zero-order valence-corrected chi connectivity index (χ0v) is 21.0. The van der Waals surface area contributed by atoms with Crippen molar-refractivity contribution >= 4 is 50.2 Å². The average molecular weight is 512 g/mol. The largest absolute Gasteiger partial charge is 0.497 e. The summed E-state index contributed by atoms with van der Waals surface area (Å²) in [7, 11) is 1.61. The molecule has 3 aromatic carbocycles. The van der Waals surface area contributed by atoms with Crippen LogP contribution in [0.4, 0.5) is 5.69 Å². The normalized spacial score (nSPS) is 12.8. The molecular formula is C29H25N3O4S. The summed E-state index contributed by atoms with van der Waals surface area (Å²) < 4.78 is 6.17. The van der Waals surface area contributed by atoms with Gasteiger partial charge in [-0.25, -0.2) is 4.98 Å². The Morgan fingerprint density at radius 3 is 2.57 bits per heavy atom. The fourth-order valence-corrected chi connectivity index (χ4v) is 5.29. The second kappa shape index (κ2) is 10.4. The van der Waals surface area contributed by atoms with Gasteiger partial charge in [0.1, 0.15) is 10.8 Å². The first-order chi connectivity index (χ1) is 18.0. The van der Waals surface area contributed by atoms with E-state index in [4.69, 9.17) is 4.74 Å². The van der Waals surface area contributed by atoms with Crippen molar-refractivity contribution in [1.82, 2.24) is 10.3 Å². The maximum atomic E-state index is 13.3. The molecule has 0 spiro atoms. The number of amides is 1. The van der Waals surface area contributed by atoms with E-state index in [9.17, 15) is 14.7 Å². The van der Waals surface area contributed by atoms with Gasteiger partial charge in [-0.1, -0.05) is 36.9 Å². The van der Waals surface area contributed by atoms with E-state index in [1.807, 2.05) is 71.6 Å². The van der Waals surface area contributed by atoms with Crippen molar-refractivity contribution in [1.29, 1.82) is 0 Å². The van der Waals surface area contributed by atoms with Crippen LogP contribution in [0, 0.1) is 0 Å². The number of hydrogen-bond acceptors (Lipinski definition) is 7. The molecule has 4 aromatic rings. The van der Waals surface area contributed by atoms with Gasteiger partial charge < -0.3 is 20.1 Å². The molecule has 2 heterocycles. The number of carbonyl (C=O) groups excluding carboxylic acids is 2. The molecule has 0 atom stereocenters. The molecule has 1 amide bonds. The first kappa shape index (κ1) is 24.4. The van der Waals surface area contributed by atoms with Crippen LogP contribution in [0.2, 0.25) is 0 Å². The molecule has 37 heavy (non-hydrogen) atoms. The number of methoxy groups -OCH3 is 1. The lowest BCUT2D eigenvalue weighted by atomic mass is 9.93. The number of aliphatic hydroxyl groups is 1. The van der Waals surface area contributed by atoms with E-state index in [1.165, 1.54) is 11.3 Å². The van der Waals surface area contributed by atoms with Gasteiger partial charge in [0.25, 0.3) is 5.91 Å². The van der Waals surface area contributed by atoms with E-state index in [2.05, 4.69) is 16.9 Å². The third-order valence-corrected chi connectivity index (χ3v) is 7.16. The van der Waals surface area contributed by atoms with E-state index in [0.717, 1.165) is 44.0 Å². The first-order valence-electron chi connectivity index (χ1n) is 11.7. The molecule has 1 aliphatic rings. The van der Waals surface area contributed by atoms with Gasteiger partial charge in [-0.3, -0.25) is 9.59 Å². The number of Topliss-reactive ketones (excluding diaryl/α,β-unsaturated/α-hetero) is 1. The first-order valence-corrected chi connectivity index (χ1v) is 12.5. The van der Waals surface area contributed by atoms with Crippen LogP contribution in [0.25, 0.3) is 21.5 Å². The van der Waals surface area contributed by atoms with E-state index in [-0.39, 0.29) is 31.3 Å². The van der Waals surface area contributed by atoms with Gasteiger partial charge in [0, 0.05) is 23.1 Å². The van der Waals surface area contributed by atoms with Crippen LogP contribution in [-0.4, -0.2) is 35.4 Å². The van der Waals surface area contributed by atoms with E-state index >= 15 is 0 Å². The highest BCUT2D eigenvalue weighted by atomic mass is 32.1. The summed E-state index contributed by atoms with van der Waals surface area (Å²) in [5.41, 5.74) is 5.21. The van der Waals surface area contributed by atoms with E-state index < -0.39 is 0 Å². The Morgan fingerprint density at radius 2 is 1.84 bits per heavy atom. The van der Waals surface area contributed by atoms with Crippen molar-refractivity contribution in [3.8, 4) is 5.75 Å². The average Bonchev–Trinajstić information content (AvgIpc) is 3.33. The fourth-order valence-electron chi connectivity index (χ4n) is 4.23. The van der Waals surface area contributed by atoms with Crippen LogP contribution in [-0.2, 0) is 22.6 Å². The van der Waals surface area contributed by atoms with Gasteiger partial charge in [-0.15, -0.1) is 11.3 Å². The summed E-state index contributed by atoms with van der Waals surface area (Å²) in [5, 5.41) is 12.8. The topological polar surface area (TPSA) is 91.8 Å². The lowest BCUT2D eigenvalue weighted by Gasteiger charge is -2.30. The van der Waals surface area contributed by atoms with Crippen LogP contribution in [0.3, 0.4) is 0 Å². The molecule has 0 bridgehead atoms. The van der Waals surface area contributed by atoms with Crippen molar-refractivity contribution in [2.75, 3.05) is 18.6 Å². The molecule has 186 valence electrons. The lowest BCUT2D eigenvalue weighted by Crippen LogP contribution is -2.33. The monoisotopic (exact) mass is 511 g/mol. The van der Waals surface area contributed by atoms with Crippen LogP contribution >= 0.6 is 11.3 Å². The molecule has 5 rings (SSSR count). The minimum Gasteiger partial charge on any atom is -0.497 e. The summed E-state index contributed by atoms with van der Waals surface area (Å²) in [6.07, 6.45) is 1.87. The number of nitrogens with zero attached hydrogens (tertiary/aromatic N) is 2. The van der Waals surface area contributed by atoms with E-state index in [0.29, 0.717) is 10.6 Å². The van der Waals surface area contributed by atoms with Crippen molar-refractivity contribution < 1.29 is 19.4 Å². The van der Waals surface area contributed by atoms with Crippen LogP contribution < -0.4 is 15.0 Å². The van der Waals surface area contributed by atoms with Crippen LogP contribution in [0.15, 0.2) is 79.5 Å². The molecule has 0 aliphatic carbocycles. The second-order valence-corrected chi connectivity index (χ2v) is 9.68. The predicted molar refractivity (Wildman–Crippen MR) is 146 cm³/mol. The number of nitrogens with one attached hydrogen (secondary N) is 1. The highest BCUT2D eigenvalue weighted by Gasteiger charge is 2.26. The highest BCUT2D eigenvalue weighted by Crippen LogP contribution is 2.37. The number of benzene rings is 3. The van der Waals surface area contributed by atoms with Gasteiger partial charge in [-0.2, -0.15) is 0 Å². The van der Waals surface area contributed by atoms with Crippen molar-refractivity contribution in [3.63, 3.8) is 0 Å². The SMILES string of the molecule is C=C1c2ccccc2C(C(=O)NCC(=O)Cc2nc3ccc(CO)cc3s2)=CN1c1ccc(OC)cc1. The Bertz CT molecular complexity index is 1540. The number of hydrogen-bond donors (Lipinski definition) is 2. The molecular weight excluding hydrogens is 486 g/mol. The van der Waals surface area contributed by atoms with Crippen molar-refractivity contribution in [2.45, 2.75) is 13.0 Å². The molecule has 0 fully saturated rings. The number of ether oxygens (including phenoxy) is 1. The molecule has 2 N–H and O–H groups in total. The maximum absolute atomic E-state index is 13.3. The Labute approximate surface area is 218 Å². The summed E-state index contributed by atoms with van der Waals surface area (Å²) in [5.74, 6) is 0.244. The van der Waals surface area contributed by atoms with Gasteiger partial charge in [-0.05, 0) is 47.5 Å². The smallest absolute Gasteiger partial charge is 0.253 e. The number of rotatable bonds is 8. The minimum atomic E-state index is -0.344. The standard InChI is InChI=1S/C29H25N3O4S/c1-18-23-5-3-4-6-24(23)25(16-32(18)20-8-10-22(36-2)11-9-20)29(35)30-15-21(34)14-28-31-26-12-7-19(17-33)13-27(26)37-28/h3-13,16,33H,1,14-15,17H2,2H3,(H,30,35). The van der Waals surface area contributed by atoms with E-state index in [1.54, 1.807) is 13.3 Å². The third kappa shape index (κ3) is 5.02. The summed E-state index contributed by atoms with van der Waals surface area (Å²) in [6.45, 7) is 4.09. The van der Waals surface area contributed by atoms with Gasteiger partial charge in [0.05, 0.1) is 42.5 Å². The zero-order valence-electron chi connectivity index (χ0n) is 20.2. The number of ketones is 1. The second-order valence-electron chi connectivity index (χ2n) is 8.57. The fraction of sp³-hybridized carbons (Fsp3) is 0.138. The van der Waals surface area contributed by atoms with Crippen LogP contribution in [0.1, 0.15) is 21.7 Å². The maximum Gasteiger partial charge on any atom is 0.253 e. The third-order valence-electron chi connectivity index (χ3n) is 6.15. The van der Waals surface area contributed by atoms with Gasteiger partial charge >= 0.3 is 0 Å². The Morgan fingerprint density at radius 1 is 1.08 bits per heavy atom. The minimum absolute atomic E-state index is 0.0453. The Hall–Kier alpha value is -4.27. The molecule has 8 heteroatoms. The summed E-state index contributed by atoms with van der Waals surface area (Å²) in [6, 6.07) is 20.6. The number of aliphatic hydroxyl groups excluding tert-OH is 1. The van der Waals surface area contributed by atoms with Gasteiger partial charge in [0.15, 0.2) is 5.78 Å². The number of aromatic nitrogens is 1. The molecule has 0 unspecified atom stereocenters.